The average molecular weight is 269 g/mol. The molecular formula is C18H23NO. The second kappa shape index (κ2) is 8.39. The molecule has 0 aliphatic carbocycles. The normalized spacial score (nSPS) is 10.6. The van der Waals surface area contributed by atoms with Gasteiger partial charge in [-0.25, -0.2) is 0 Å². The summed E-state index contributed by atoms with van der Waals surface area (Å²) in [7, 11) is 0. The molecule has 0 amide bonds. The molecule has 0 aliphatic rings. The van der Waals surface area contributed by atoms with Crippen LogP contribution < -0.4 is 5.32 Å². The van der Waals surface area contributed by atoms with Gasteiger partial charge in [0, 0.05) is 0 Å². The molecule has 0 aliphatic heterocycles. The van der Waals surface area contributed by atoms with E-state index in [2.05, 4.69) is 35.6 Å². The number of aromatic hydroxyl groups is 1. The van der Waals surface area contributed by atoms with Crippen molar-refractivity contribution in [3.8, 4) is 5.75 Å². The molecule has 2 heteroatoms. The van der Waals surface area contributed by atoms with Crippen LogP contribution in [0.15, 0.2) is 54.6 Å². The molecule has 20 heavy (non-hydrogen) atoms. The third-order valence-electron chi connectivity index (χ3n) is 3.42. The zero-order chi connectivity index (χ0) is 14.0. The van der Waals surface area contributed by atoms with E-state index < -0.39 is 0 Å². The third kappa shape index (κ3) is 5.45. The van der Waals surface area contributed by atoms with Crippen molar-refractivity contribution in [2.75, 3.05) is 13.1 Å². The number of phenolic OH excluding ortho intramolecular Hbond substituents is 1. The highest BCUT2D eigenvalue weighted by Crippen LogP contribution is 2.10. The lowest BCUT2D eigenvalue weighted by Gasteiger charge is -2.05. The Kier molecular flexibility index (Phi) is 6.12. The van der Waals surface area contributed by atoms with Gasteiger partial charge in [0.25, 0.3) is 0 Å². The van der Waals surface area contributed by atoms with Crippen LogP contribution in [-0.2, 0) is 12.8 Å². The fourth-order valence-electron chi connectivity index (χ4n) is 2.27. The van der Waals surface area contributed by atoms with E-state index in [4.69, 9.17) is 0 Å². The molecule has 0 bridgehead atoms. The van der Waals surface area contributed by atoms with Gasteiger partial charge >= 0.3 is 0 Å². The first-order valence-corrected chi connectivity index (χ1v) is 7.37. The third-order valence-corrected chi connectivity index (χ3v) is 3.42. The molecular weight excluding hydrogens is 246 g/mol. The van der Waals surface area contributed by atoms with Crippen molar-refractivity contribution in [2.24, 2.45) is 0 Å². The van der Waals surface area contributed by atoms with Gasteiger partial charge < -0.3 is 10.4 Å². The average Bonchev–Trinajstić information content (AvgIpc) is 2.49. The summed E-state index contributed by atoms with van der Waals surface area (Å²) in [6.45, 7) is 2.13. The lowest BCUT2D eigenvalue weighted by Crippen LogP contribution is -2.17. The molecule has 0 spiro atoms. The van der Waals surface area contributed by atoms with E-state index in [0.717, 1.165) is 32.4 Å². The molecule has 2 rings (SSSR count). The minimum Gasteiger partial charge on any atom is -0.508 e. The zero-order valence-corrected chi connectivity index (χ0v) is 11.9. The first-order chi connectivity index (χ1) is 9.84. The first kappa shape index (κ1) is 14.6. The van der Waals surface area contributed by atoms with Gasteiger partial charge in [-0.05, 0) is 62.0 Å². The van der Waals surface area contributed by atoms with Crippen LogP contribution >= 0.6 is 0 Å². The van der Waals surface area contributed by atoms with Gasteiger partial charge in [0.1, 0.15) is 5.75 Å². The summed E-state index contributed by atoms with van der Waals surface area (Å²) in [6.07, 6.45) is 4.52. The Morgan fingerprint density at radius 3 is 1.85 bits per heavy atom. The Morgan fingerprint density at radius 1 is 0.700 bits per heavy atom. The Labute approximate surface area is 121 Å². The van der Waals surface area contributed by atoms with E-state index in [0.29, 0.717) is 5.75 Å². The molecule has 0 fully saturated rings. The summed E-state index contributed by atoms with van der Waals surface area (Å²) in [5.74, 6) is 0.341. The summed E-state index contributed by atoms with van der Waals surface area (Å²) in [4.78, 5) is 0. The maximum absolute atomic E-state index is 9.21. The van der Waals surface area contributed by atoms with Crippen LogP contribution in [0, 0.1) is 0 Å². The fraction of sp³-hybridized carbons (Fsp3) is 0.333. The quantitative estimate of drug-likeness (QED) is 0.718. The Morgan fingerprint density at radius 2 is 1.25 bits per heavy atom. The largest absolute Gasteiger partial charge is 0.508 e. The lowest BCUT2D eigenvalue weighted by atomic mass is 10.1. The summed E-state index contributed by atoms with van der Waals surface area (Å²) >= 11 is 0. The van der Waals surface area contributed by atoms with Crippen molar-refractivity contribution in [1.82, 2.24) is 5.32 Å². The second-order valence-electron chi connectivity index (χ2n) is 5.11. The predicted molar refractivity (Wildman–Crippen MR) is 84.1 cm³/mol. The lowest BCUT2D eigenvalue weighted by molar-refractivity contribution is 0.475. The topological polar surface area (TPSA) is 32.3 Å². The molecule has 2 aromatic rings. The Bertz CT molecular complexity index is 479. The maximum atomic E-state index is 9.21. The van der Waals surface area contributed by atoms with Crippen molar-refractivity contribution >= 4 is 0 Å². The smallest absolute Gasteiger partial charge is 0.115 e. The van der Waals surface area contributed by atoms with Crippen LogP contribution in [0.3, 0.4) is 0 Å². The van der Waals surface area contributed by atoms with Gasteiger partial charge in [-0.3, -0.25) is 0 Å². The summed E-state index contributed by atoms with van der Waals surface area (Å²) in [6, 6.07) is 18.1. The fourth-order valence-corrected chi connectivity index (χ4v) is 2.27. The van der Waals surface area contributed by atoms with E-state index in [1.165, 1.54) is 17.5 Å². The van der Waals surface area contributed by atoms with E-state index in [9.17, 15) is 5.11 Å². The van der Waals surface area contributed by atoms with Gasteiger partial charge in [0.15, 0.2) is 0 Å². The molecule has 0 radical (unpaired) electrons. The molecule has 0 atom stereocenters. The Balaban J connectivity index is 1.51. The second-order valence-corrected chi connectivity index (χ2v) is 5.11. The number of aryl methyl sites for hydroxylation is 2. The number of nitrogens with one attached hydrogen (secondary N) is 1. The van der Waals surface area contributed by atoms with Gasteiger partial charge in [-0.1, -0.05) is 42.5 Å². The maximum Gasteiger partial charge on any atom is 0.115 e. The summed E-state index contributed by atoms with van der Waals surface area (Å²) in [5, 5.41) is 12.7. The van der Waals surface area contributed by atoms with Crippen LogP contribution in [0.25, 0.3) is 0 Å². The molecule has 0 saturated carbocycles. The highest BCUT2D eigenvalue weighted by Gasteiger charge is 1.95. The van der Waals surface area contributed by atoms with Crippen molar-refractivity contribution < 1.29 is 5.11 Å². The molecule has 2 N–H and O–H groups in total. The van der Waals surface area contributed by atoms with Gasteiger partial charge in [0.05, 0.1) is 0 Å². The van der Waals surface area contributed by atoms with Gasteiger partial charge in [-0.15, -0.1) is 0 Å². The van der Waals surface area contributed by atoms with Gasteiger partial charge in [0.2, 0.25) is 0 Å². The highest BCUT2D eigenvalue weighted by molar-refractivity contribution is 5.25. The number of benzene rings is 2. The van der Waals surface area contributed by atoms with E-state index in [1.807, 2.05) is 12.1 Å². The molecule has 2 nitrogen and oxygen atoms in total. The number of phenols is 1. The van der Waals surface area contributed by atoms with Crippen molar-refractivity contribution in [1.29, 1.82) is 0 Å². The van der Waals surface area contributed by atoms with Crippen molar-refractivity contribution in [3.05, 3.63) is 65.7 Å². The van der Waals surface area contributed by atoms with Crippen molar-refractivity contribution in [2.45, 2.75) is 25.7 Å². The van der Waals surface area contributed by atoms with E-state index >= 15 is 0 Å². The molecule has 0 aromatic heterocycles. The summed E-state index contributed by atoms with van der Waals surface area (Å²) < 4.78 is 0. The minimum absolute atomic E-state index is 0.341. The minimum atomic E-state index is 0.341. The van der Waals surface area contributed by atoms with Crippen LogP contribution in [0.2, 0.25) is 0 Å². The van der Waals surface area contributed by atoms with E-state index in [1.54, 1.807) is 12.1 Å². The van der Waals surface area contributed by atoms with Gasteiger partial charge in [-0.2, -0.15) is 0 Å². The SMILES string of the molecule is Oc1ccc(CCCNCCCc2ccccc2)cc1. The molecule has 2 aromatic carbocycles. The highest BCUT2D eigenvalue weighted by atomic mass is 16.3. The number of rotatable bonds is 8. The first-order valence-electron chi connectivity index (χ1n) is 7.37. The number of hydrogen-bond donors (Lipinski definition) is 2. The van der Waals surface area contributed by atoms with Crippen molar-refractivity contribution in [3.63, 3.8) is 0 Å². The van der Waals surface area contributed by atoms with E-state index in [-0.39, 0.29) is 0 Å². The molecule has 0 saturated heterocycles. The molecule has 0 heterocycles. The Hall–Kier alpha value is -1.80. The zero-order valence-electron chi connectivity index (χ0n) is 11.9. The standard InChI is InChI=1S/C18H23NO/c20-18-12-10-17(11-13-18)9-5-15-19-14-4-8-16-6-2-1-3-7-16/h1-3,6-7,10-13,19-20H,4-5,8-9,14-15H2. The predicted octanol–water partition coefficient (Wildman–Crippen LogP) is 3.55. The molecule has 0 unspecified atom stereocenters. The van der Waals surface area contributed by atoms with Crippen LogP contribution in [0.5, 0.6) is 5.75 Å². The number of hydrogen-bond acceptors (Lipinski definition) is 2. The summed E-state index contributed by atoms with van der Waals surface area (Å²) in [5.41, 5.74) is 2.70. The van der Waals surface area contributed by atoms with Crippen LogP contribution in [0.4, 0.5) is 0 Å². The molecule has 106 valence electrons. The van der Waals surface area contributed by atoms with Crippen LogP contribution in [-0.4, -0.2) is 18.2 Å². The monoisotopic (exact) mass is 269 g/mol. The van der Waals surface area contributed by atoms with Crippen LogP contribution in [0.1, 0.15) is 24.0 Å².